The van der Waals surface area contributed by atoms with Gasteiger partial charge in [-0.3, -0.25) is 0 Å². The van der Waals surface area contributed by atoms with Gasteiger partial charge >= 0.3 is 320 Å². The Morgan fingerprint density at radius 3 is 1.26 bits per heavy atom. The molecule has 0 aromatic carbocycles. The van der Waals surface area contributed by atoms with E-state index in [0.717, 1.165) is 34.3 Å². The Hall–Kier alpha value is 9.63. The third kappa shape index (κ3) is 22.8. The van der Waals surface area contributed by atoms with Crippen LogP contribution in [0.2, 0.25) is 0 Å². The first-order chi connectivity index (χ1) is 17.5. The quantitative estimate of drug-likeness (QED) is 0.0908. The molecule has 0 spiro atoms. The van der Waals surface area contributed by atoms with E-state index in [0.29, 0.717) is 11.8 Å². The topological polar surface area (TPSA) is 0 Å². The van der Waals surface area contributed by atoms with Crippen LogP contribution in [-0.4, -0.2) is 63.2 Å². The van der Waals surface area contributed by atoms with Crippen LogP contribution in [-0.2, 0) is 0 Å². The maximum absolute atomic E-state index is 3.80. The Morgan fingerprint density at radius 2 is 0.977 bits per heavy atom. The zero-order chi connectivity index (χ0) is 30.0. The minimum absolute atomic E-state index is 0. The fourth-order valence-corrected chi connectivity index (χ4v) is 5.32. The van der Waals surface area contributed by atoms with Crippen LogP contribution in [0.3, 0.4) is 0 Å². The molecule has 0 N–H and O–H groups in total. The van der Waals surface area contributed by atoms with Crippen molar-refractivity contribution >= 4 is 63.2 Å². The van der Waals surface area contributed by atoms with Crippen LogP contribution in [0.4, 0.5) is 0 Å². The van der Waals surface area contributed by atoms with Crippen molar-refractivity contribution in [1.82, 2.24) is 0 Å². The molecule has 0 fully saturated rings. The second kappa shape index (κ2) is 33.7. The van der Waals surface area contributed by atoms with Gasteiger partial charge in [0.15, 0.2) is 0 Å². The maximum atomic E-state index is 3.80. The van der Waals surface area contributed by atoms with E-state index in [1.807, 2.05) is 6.92 Å². The molecule has 0 aliphatic heterocycles. The molecule has 4 atom stereocenters. The molecule has 0 aromatic rings. The molecule has 7 heteroatoms. The van der Waals surface area contributed by atoms with Crippen LogP contribution in [0.1, 0.15) is 115 Å². The third-order valence-corrected chi connectivity index (χ3v) is 8.79. The fourth-order valence-electron chi connectivity index (χ4n) is 5.32. The predicted octanol–water partition coefficient (Wildman–Crippen LogP) is -4.97. The molecule has 1 aliphatic rings. The van der Waals surface area contributed by atoms with E-state index in [4.69, 9.17) is 0 Å². The van der Waals surface area contributed by atoms with Crippen molar-refractivity contribution in [2.75, 3.05) is 0 Å². The summed E-state index contributed by atoms with van der Waals surface area (Å²) in [6.45, 7) is 33.2. The zero-order valence-corrected chi connectivity index (χ0v) is 55.0. The molecule has 0 aromatic heterocycles. The van der Waals surface area contributed by atoms with E-state index in [2.05, 4.69) is 139 Å². The van der Waals surface area contributed by atoms with Gasteiger partial charge in [-0.2, -0.15) is 11.8 Å². The molecule has 0 bridgehead atoms. The van der Waals surface area contributed by atoms with Gasteiger partial charge in [-0.15, -0.1) is 54.4 Å². The third-order valence-electron chi connectivity index (χ3n) is 8.79. The van der Waals surface area contributed by atoms with Crippen LogP contribution in [0.25, 0.3) is 0 Å². The summed E-state index contributed by atoms with van der Waals surface area (Å²) in [5.41, 5.74) is 8.88. The Labute approximate surface area is 533 Å². The van der Waals surface area contributed by atoms with Gasteiger partial charge < -0.3 is 74.2 Å². The molecule has 0 amide bonds. The van der Waals surface area contributed by atoms with E-state index in [1.165, 1.54) is 68.7 Å². The van der Waals surface area contributed by atoms with E-state index in [9.17, 15) is 0 Å². The predicted molar refractivity (Wildman–Crippen MR) is 172 cm³/mol. The summed E-state index contributed by atoms with van der Waals surface area (Å²) >= 11 is 2.50. The average Bonchev–Trinajstić information content (AvgIpc) is 3.02. The van der Waals surface area contributed by atoms with Gasteiger partial charge in [0.25, 0.3) is 0 Å². The molecule has 210 valence electrons. The van der Waals surface area contributed by atoms with Crippen LogP contribution >= 0.6 is 0 Å². The van der Waals surface area contributed by atoms with Gasteiger partial charge in [0.2, 0.25) is 0 Å². The summed E-state index contributed by atoms with van der Waals surface area (Å²) in [6, 6.07) is 0. The van der Waals surface area contributed by atoms with Gasteiger partial charge in [-0.25, -0.2) is 0 Å². The van der Waals surface area contributed by atoms with E-state index >= 15 is 0 Å². The van der Waals surface area contributed by atoms with E-state index in [-0.39, 0.29) is 284 Å². The van der Waals surface area contributed by atoms with Crippen LogP contribution in [0.15, 0.2) is 45.1 Å². The van der Waals surface area contributed by atoms with E-state index in [1.54, 1.807) is 5.57 Å². The number of hydrogen-bond acceptors (Lipinski definition) is 0. The summed E-state index contributed by atoms with van der Waals surface area (Å²) in [5, 5.41) is 0. The SMILES string of the molecule is C[C-]=C(C)C(C)=[C-]C(C)[C-]=C(C)C(C)=[C-]C(C)[C-]=C(C)C(C)=[C-]C(C)C1C=C(CC)C(C)(C)C1(C)C.[1H-].[H-].[H-].[K+].[K+].[K+].[K+].[K+].[K][K]. The summed E-state index contributed by atoms with van der Waals surface area (Å²) in [6.07, 6.45) is 24.9. The van der Waals surface area contributed by atoms with Crippen molar-refractivity contribution in [3.63, 3.8) is 0 Å². The van der Waals surface area contributed by atoms with E-state index < -0.39 is 0 Å². The molecule has 4 unspecified atom stereocenters. The van der Waals surface area contributed by atoms with Crippen molar-refractivity contribution in [1.29, 1.82) is 0 Å². The fraction of sp³-hybridized carbons (Fsp3) is 0.611. The first-order valence-electron chi connectivity index (χ1n) is 14.7. The second-order valence-electron chi connectivity index (χ2n) is 11.9. The van der Waals surface area contributed by atoms with Crippen molar-refractivity contribution in [3.8, 4) is 0 Å². The van der Waals surface area contributed by atoms with Gasteiger partial charge in [-0.1, -0.05) is 67.0 Å². The Bertz CT molecular complexity index is 1020. The van der Waals surface area contributed by atoms with Crippen molar-refractivity contribution in [2.24, 2.45) is 34.5 Å². The summed E-state index contributed by atoms with van der Waals surface area (Å²) in [5.74, 6) is 1.06. The molecule has 0 saturated heterocycles. The number of rotatable bonds is 10. The average molecular weight is 762 g/mol. The van der Waals surface area contributed by atoms with Gasteiger partial charge in [0.05, 0.1) is 0 Å². The Balaban J connectivity index is -0.000000191. The van der Waals surface area contributed by atoms with Crippen molar-refractivity contribution in [2.45, 2.75) is 110 Å². The monoisotopic (exact) mass is 760 g/mol. The molecule has 1 rings (SSSR count). The van der Waals surface area contributed by atoms with Gasteiger partial charge in [0.1, 0.15) is 0 Å². The van der Waals surface area contributed by atoms with Crippen molar-refractivity contribution < 1.29 is 261 Å². The molecule has 0 nitrogen and oxygen atoms in total. The van der Waals surface area contributed by atoms with Gasteiger partial charge in [0, 0.05) is 0 Å². The molecular formula is C36H55K7-4. The number of hydrogen-bond donors (Lipinski definition) is 0. The molecule has 0 radical (unpaired) electrons. The summed E-state index contributed by atoms with van der Waals surface area (Å²) in [7, 11) is 0. The van der Waals surface area contributed by atoms with Crippen LogP contribution < -0.4 is 257 Å². The zero-order valence-electron chi connectivity index (χ0n) is 36.1. The first-order valence-corrected chi connectivity index (χ1v) is 30.7. The standard InChI is InChI=1S/C36H52.7K.3H/c1-16-26(5)27(6)18-24(3)19-28(7)29(8)20-25(4)21-30(9)31(10)22-32(11)34-23-33(17-2)35(12,13)36(34,14)15;;;;;;;;;;/h23-25,32,34H,17H2,1-15H3;;;;;;;;;;/q-6;;;5*+1;3*-1/i;;;;;;;;1+0;;. The Kier molecular flexibility index (Phi) is 50.6. The molecule has 43 heavy (non-hydrogen) atoms. The first kappa shape index (κ1) is 64.5. The molecule has 1 aliphatic carbocycles. The normalized spacial score (nSPS) is 20.7. The molecule has 0 saturated carbocycles. The molecular weight excluding hydrogens is 706 g/mol. The number of allylic oxidation sites excluding steroid dienone is 14. The summed E-state index contributed by atoms with van der Waals surface area (Å²) < 4.78 is 0. The minimum atomic E-state index is 0. The van der Waals surface area contributed by atoms with Crippen molar-refractivity contribution in [3.05, 3.63) is 81.5 Å². The van der Waals surface area contributed by atoms with Crippen LogP contribution in [0, 0.1) is 71.0 Å². The molecule has 0 heterocycles. The Morgan fingerprint density at radius 1 is 0.674 bits per heavy atom. The second-order valence-corrected chi connectivity index (χ2v) is 11.9. The summed E-state index contributed by atoms with van der Waals surface area (Å²) in [4.78, 5) is 0. The van der Waals surface area contributed by atoms with Crippen LogP contribution in [0.5, 0.6) is 0 Å². The van der Waals surface area contributed by atoms with Gasteiger partial charge in [-0.05, 0) is 23.2 Å².